The number of benzene rings is 1. The van der Waals surface area contributed by atoms with Crippen molar-refractivity contribution in [3.8, 4) is 5.75 Å². The van der Waals surface area contributed by atoms with Gasteiger partial charge in [-0.2, -0.15) is 12.7 Å². The van der Waals surface area contributed by atoms with Crippen LogP contribution in [0.1, 0.15) is 19.3 Å². The number of aliphatic hydroxyl groups is 1. The van der Waals surface area contributed by atoms with Crippen LogP contribution in [0.15, 0.2) is 18.2 Å². The van der Waals surface area contributed by atoms with Crippen LogP contribution < -0.4 is 9.46 Å². The van der Waals surface area contributed by atoms with Gasteiger partial charge < -0.3 is 9.84 Å². The lowest BCUT2D eigenvalue weighted by atomic mass is 10.1. The first kappa shape index (κ1) is 16.4. The van der Waals surface area contributed by atoms with Crippen molar-refractivity contribution in [1.82, 2.24) is 4.31 Å². The second-order valence-corrected chi connectivity index (χ2v) is 6.93. The van der Waals surface area contributed by atoms with E-state index in [0.717, 1.165) is 12.8 Å². The molecule has 2 N–H and O–H groups in total. The highest BCUT2D eigenvalue weighted by Crippen LogP contribution is 2.29. The quantitative estimate of drug-likeness (QED) is 0.861. The molecule has 6 nitrogen and oxygen atoms in total. The van der Waals surface area contributed by atoms with Gasteiger partial charge in [0.15, 0.2) is 0 Å². The van der Waals surface area contributed by atoms with Gasteiger partial charge in [0.1, 0.15) is 5.75 Å². The lowest BCUT2D eigenvalue weighted by molar-refractivity contribution is 0.156. The van der Waals surface area contributed by atoms with Gasteiger partial charge in [0, 0.05) is 18.7 Å². The lowest BCUT2D eigenvalue weighted by Gasteiger charge is -2.33. The van der Waals surface area contributed by atoms with Gasteiger partial charge >= 0.3 is 10.2 Å². The number of methoxy groups -OCH3 is 1. The van der Waals surface area contributed by atoms with Crippen molar-refractivity contribution in [2.45, 2.75) is 25.3 Å². The molecule has 1 fully saturated rings. The van der Waals surface area contributed by atoms with Gasteiger partial charge in [-0.1, -0.05) is 18.0 Å². The van der Waals surface area contributed by atoms with Crippen LogP contribution in [0.3, 0.4) is 0 Å². The van der Waals surface area contributed by atoms with Gasteiger partial charge in [0.05, 0.1) is 24.4 Å². The predicted molar refractivity (Wildman–Crippen MR) is 82.0 cm³/mol. The van der Waals surface area contributed by atoms with Crippen LogP contribution in [-0.4, -0.2) is 44.1 Å². The maximum Gasteiger partial charge on any atom is 0.302 e. The molecular weight excluding hydrogens is 316 g/mol. The molecule has 0 bridgehead atoms. The molecule has 0 aromatic heterocycles. The van der Waals surface area contributed by atoms with Crippen LogP contribution in [0.2, 0.25) is 5.02 Å². The van der Waals surface area contributed by atoms with Crippen molar-refractivity contribution in [1.29, 1.82) is 0 Å². The lowest BCUT2D eigenvalue weighted by Crippen LogP contribution is -2.47. The first-order chi connectivity index (χ1) is 9.97. The fraction of sp³-hybridized carbons (Fsp3) is 0.538. The smallest absolute Gasteiger partial charge is 0.302 e. The number of hydrogen-bond donors (Lipinski definition) is 2. The van der Waals surface area contributed by atoms with E-state index in [0.29, 0.717) is 18.7 Å². The number of halogens is 1. The molecule has 0 spiro atoms. The summed E-state index contributed by atoms with van der Waals surface area (Å²) in [4.78, 5) is 0. The van der Waals surface area contributed by atoms with Gasteiger partial charge in [0.25, 0.3) is 0 Å². The van der Waals surface area contributed by atoms with Gasteiger partial charge in [-0.25, -0.2) is 0 Å². The maximum atomic E-state index is 12.5. The molecule has 1 saturated heterocycles. The molecule has 2 rings (SSSR count). The van der Waals surface area contributed by atoms with Gasteiger partial charge in [-0.15, -0.1) is 0 Å². The van der Waals surface area contributed by atoms with E-state index in [-0.39, 0.29) is 23.4 Å². The Balaban J connectivity index is 2.24. The summed E-state index contributed by atoms with van der Waals surface area (Å²) >= 11 is 6.02. The fourth-order valence-electron chi connectivity index (χ4n) is 2.38. The predicted octanol–water partition coefficient (Wildman–Crippen LogP) is 1.85. The first-order valence-corrected chi connectivity index (χ1v) is 8.53. The highest BCUT2D eigenvalue weighted by Gasteiger charge is 2.32. The third kappa shape index (κ3) is 3.79. The van der Waals surface area contributed by atoms with E-state index >= 15 is 0 Å². The summed E-state index contributed by atoms with van der Waals surface area (Å²) in [5.41, 5.74) is 0.262. The Kier molecular flexibility index (Phi) is 5.32. The molecule has 1 aromatic rings. The number of anilines is 1. The third-order valence-electron chi connectivity index (χ3n) is 3.51. The SMILES string of the molecule is COc1ccc(Cl)c(NS(=O)(=O)N2CCCCC2CO)c1. The Bertz CT molecular complexity index is 594. The van der Waals surface area contributed by atoms with Crippen molar-refractivity contribution in [3.63, 3.8) is 0 Å². The van der Waals surface area contributed by atoms with Crippen LogP contribution >= 0.6 is 11.6 Å². The Hall–Kier alpha value is -1.02. The fourth-order valence-corrected chi connectivity index (χ4v) is 4.10. The zero-order valence-corrected chi connectivity index (χ0v) is 13.3. The zero-order chi connectivity index (χ0) is 15.5. The number of aliphatic hydroxyl groups excluding tert-OH is 1. The van der Waals surface area contributed by atoms with Crippen molar-refractivity contribution < 1.29 is 18.3 Å². The highest BCUT2D eigenvalue weighted by molar-refractivity contribution is 7.90. The molecule has 0 aliphatic carbocycles. The van der Waals surface area contributed by atoms with Gasteiger partial charge in [0.2, 0.25) is 0 Å². The van der Waals surface area contributed by atoms with Gasteiger partial charge in [-0.05, 0) is 25.0 Å². The van der Waals surface area contributed by atoms with E-state index < -0.39 is 10.2 Å². The summed E-state index contributed by atoms with van der Waals surface area (Å²) in [7, 11) is -2.27. The van der Waals surface area contributed by atoms with Crippen LogP contribution in [0.25, 0.3) is 0 Å². The minimum atomic E-state index is -3.76. The van der Waals surface area contributed by atoms with E-state index in [1.165, 1.54) is 17.5 Å². The average Bonchev–Trinajstić information content (AvgIpc) is 2.49. The summed E-state index contributed by atoms with van der Waals surface area (Å²) in [6.45, 7) is 0.203. The largest absolute Gasteiger partial charge is 0.497 e. The Labute approximate surface area is 129 Å². The zero-order valence-electron chi connectivity index (χ0n) is 11.8. The molecule has 21 heavy (non-hydrogen) atoms. The Morgan fingerprint density at radius 3 is 2.90 bits per heavy atom. The van der Waals surface area contributed by atoms with Crippen LogP contribution in [0.5, 0.6) is 5.75 Å². The molecule has 0 radical (unpaired) electrons. The molecule has 0 amide bonds. The Morgan fingerprint density at radius 2 is 2.24 bits per heavy atom. The second-order valence-electron chi connectivity index (χ2n) is 4.90. The minimum absolute atomic E-state index is 0.188. The summed E-state index contributed by atoms with van der Waals surface area (Å²) < 4.78 is 33.8. The van der Waals surface area contributed by atoms with Crippen molar-refractivity contribution in [3.05, 3.63) is 23.2 Å². The van der Waals surface area contributed by atoms with E-state index in [1.54, 1.807) is 12.1 Å². The average molecular weight is 335 g/mol. The normalized spacial score (nSPS) is 20.2. The molecule has 0 saturated carbocycles. The van der Waals surface area contributed by atoms with Crippen molar-refractivity contribution >= 4 is 27.5 Å². The highest BCUT2D eigenvalue weighted by atomic mass is 35.5. The molecule has 8 heteroatoms. The maximum absolute atomic E-state index is 12.5. The van der Waals surface area contributed by atoms with Crippen LogP contribution in [0.4, 0.5) is 5.69 Å². The number of ether oxygens (including phenoxy) is 1. The summed E-state index contributed by atoms with van der Waals surface area (Å²) in [5.74, 6) is 0.509. The number of rotatable bonds is 5. The van der Waals surface area contributed by atoms with Gasteiger partial charge in [-0.3, -0.25) is 4.72 Å². The van der Waals surface area contributed by atoms with Crippen LogP contribution in [-0.2, 0) is 10.2 Å². The molecular formula is C13H19ClN2O4S. The molecule has 1 unspecified atom stereocenters. The molecule has 1 heterocycles. The van der Waals surface area contributed by atoms with Crippen LogP contribution in [0, 0.1) is 0 Å². The molecule has 1 aliphatic rings. The Morgan fingerprint density at radius 1 is 1.48 bits per heavy atom. The minimum Gasteiger partial charge on any atom is -0.497 e. The summed E-state index contributed by atoms with van der Waals surface area (Å²) in [5, 5.41) is 9.64. The number of nitrogens with zero attached hydrogens (tertiary/aromatic N) is 1. The topological polar surface area (TPSA) is 78.9 Å². The molecule has 1 aromatic carbocycles. The summed E-state index contributed by atoms with van der Waals surface area (Å²) in [6, 6.07) is 4.36. The second kappa shape index (κ2) is 6.83. The van der Waals surface area contributed by atoms with E-state index in [4.69, 9.17) is 16.3 Å². The van der Waals surface area contributed by atoms with Crippen molar-refractivity contribution in [2.75, 3.05) is 25.0 Å². The molecule has 1 aliphatic heterocycles. The standard InChI is InChI=1S/C13H19ClN2O4S/c1-20-11-5-6-12(14)13(8-11)15-21(18,19)16-7-3-2-4-10(16)9-17/h5-6,8,10,15,17H,2-4,7,9H2,1H3. The molecule has 118 valence electrons. The number of piperidine rings is 1. The third-order valence-corrected chi connectivity index (χ3v) is 5.41. The molecule has 1 atom stereocenters. The van der Waals surface area contributed by atoms with E-state index in [2.05, 4.69) is 4.72 Å². The first-order valence-electron chi connectivity index (χ1n) is 6.72. The van der Waals surface area contributed by atoms with E-state index in [1.807, 2.05) is 0 Å². The van der Waals surface area contributed by atoms with E-state index in [9.17, 15) is 13.5 Å². The summed E-state index contributed by atoms with van der Waals surface area (Å²) in [6.07, 6.45) is 2.35. The number of hydrogen-bond acceptors (Lipinski definition) is 4. The number of nitrogens with one attached hydrogen (secondary N) is 1. The van der Waals surface area contributed by atoms with Crippen molar-refractivity contribution in [2.24, 2.45) is 0 Å². The monoisotopic (exact) mass is 334 g/mol.